The molecule has 5 heteroatoms. The molecule has 0 spiro atoms. The second kappa shape index (κ2) is 6.65. The maximum atomic E-state index is 12.0. The summed E-state index contributed by atoms with van der Waals surface area (Å²) in [7, 11) is 0. The number of nitrogens with zero attached hydrogens (tertiary/aromatic N) is 1. The average Bonchev–Trinajstić information content (AvgIpc) is 3.14. The molecule has 2 heterocycles. The predicted molar refractivity (Wildman–Crippen MR) is 91.0 cm³/mol. The SMILES string of the molecule is O=C(C=Cc1ccc(-c2ccccc2Cl)s1)N1CC[C@@H](O)C1. The van der Waals surface area contributed by atoms with Gasteiger partial charge in [0.05, 0.1) is 6.10 Å². The molecule has 1 aliphatic heterocycles. The van der Waals surface area contributed by atoms with Crippen molar-refractivity contribution in [2.45, 2.75) is 12.5 Å². The molecule has 0 radical (unpaired) electrons. The van der Waals surface area contributed by atoms with Crippen LogP contribution >= 0.6 is 22.9 Å². The number of rotatable bonds is 3. The van der Waals surface area contributed by atoms with E-state index >= 15 is 0 Å². The molecule has 114 valence electrons. The minimum Gasteiger partial charge on any atom is -0.391 e. The van der Waals surface area contributed by atoms with E-state index in [4.69, 9.17) is 11.6 Å². The topological polar surface area (TPSA) is 40.5 Å². The normalized spacial score (nSPS) is 18.3. The standard InChI is InChI=1S/C17H16ClNO2S/c18-15-4-2-1-3-14(15)16-7-5-13(22-16)6-8-17(21)19-10-9-12(20)11-19/h1-8,12,20H,9-11H2/t12-/m1/s1. The summed E-state index contributed by atoms with van der Waals surface area (Å²) in [5.41, 5.74) is 1.00. The third-order valence-corrected chi connectivity index (χ3v) is 5.04. The molecule has 1 amide bonds. The molecule has 22 heavy (non-hydrogen) atoms. The number of thiophene rings is 1. The number of carbonyl (C=O) groups excluding carboxylic acids is 1. The first kappa shape index (κ1) is 15.3. The van der Waals surface area contributed by atoms with Crippen molar-refractivity contribution >= 4 is 34.9 Å². The number of likely N-dealkylation sites (tertiary alicyclic amines) is 1. The van der Waals surface area contributed by atoms with Gasteiger partial charge in [-0.3, -0.25) is 4.79 Å². The summed E-state index contributed by atoms with van der Waals surface area (Å²) >= 11 is 7.79. The van der Waals surface area contributed by atoms with Gasteiger partial charge in [0.15, 0.2) is 0 Å². The van der Waals surface area contributed by atoms with Gasteiger partial charge in [-0.2, -0.15) is 0 Å². The van der Waals surface area contributed by atoms with Crippen molar-refractivity contribution in [3.8, 4) is 10.4 Å². The molecule has 1 aromatic carbocycles. The fourth-order valence-electron chi connectivity index (χ4n) is 2.45. The Balaban J connectivity index is 1.71. The first-order valence-corrected chi connectivity index (χ1v) is 8.33. The Morgan fingerprint density at radius 2 is 2.14 bits per heavy atom. The minimum atomic E-state index is -0.383. The molecule has 1 aliphatic rings. The van der Waals surface area contributed by atoms with Crippen LogP contribution in [0.2, 0.25) is 5.02 Å². The molecule has 0 unspecified atom stereocenters. The second-order valence-corrected chi connectivity index (χ2v) is 6.76. The smallest absolute Gasteiger partial charge is 0.246 e. The van der Waals surface area contributed by atoms with Gasteiger partial charge in [-0.25, -0.2) is 0 Å². The third kappa shape index (κ3) is 3.40. The monoisotopic (exact) mass is 333 g/mol. The van der Waals surface area contributed by atoms with Crippen LogP contribution in [0.3, 0.4) is 0 Å². The van der Waals surface area contributed by atoms with Gasteiger partial charge in [-0.1, -0.05) is 29.8 Å². The van der Waals surface area contributed by atoms with Crippen molar-refractivity contribution < 1.29 is 9.90 Å². The van der Waals surface area contributed by atoms with Gasteiger partial charge in [-0.15, -0.1) is 11.3 Å². The van der Waals surface area contributed by atoms with E-state index in [1.165, 1.54) is 0 Å². The van der Waals surface area contributed by atoms with Gasteiger partial charge in [-0.05, 0) is 30.7 Å². The van der Waals surface area contributed by atoms with Gasteiger partial charge in [0.25, 0.3) is 0 Å². The number of hydrogen-bond acceptors (Lipinski definition) is 3. The van der Waals surface area contributed by atoms with Crippen LogP contribution in [0.15, 0.2) is 42.5 Å². The minimum absolute atomic E-state index is 0.0516. The van der Waals surface area contributed by atoms with Gasteiger partial charge in [0, 0.05) is 39.5 Å². The number of aliphatic hydroxyl groups excluding tert-OH is 1. The number of amides is 1. The summed E-state index contributed by atoms with van der Waals surface area (Å²) < 4.78 is 0. The van der Waals surface area contributed by atoms with Crippen LogP contribution in [0.1, 0.15) is 11.3 Å². The highest BCUT2D eigenvalue weighted by atomic mass is 35.5. The van der Waals surface area contributed by atoms with Crippen LogP contribution in [-0.2, 0) is 4.79 Å². The molecule has 1 saturated heterocycles. The lowest BCUT2D eigenvalue weighted by molar-refractivity contribution is -0.125. The van der Waals surface area contributed by atoms with Gasteiger partial charge in [0.1, 0.15) is 0 Å². The van der Waals surface area contributed by atoms with Gasteiger partial charge < -0.3 is 10.0 Å². The summed E-state index contributed by atoms with van der Waals surface area (Å²) in [5.74, 6) is -0.0516. The Labute approximate surface area is 138 Å². The Bertz CT molecular complexity index is 710. The molecule has 2 aromatic rings. The number of carbonyl (C=O) groups is 1. The van der Waals surface area contributed by atoms with E-state index in [1.54, 1.807) is 22.3 Å². The van der Waals surface area contributed by atoms with Crippen LogP contribution in [0.5, 0.6) is 0 Å². The van der Waals surface area contributed by atoms with Gasteiger partial charge in [0.2, 0.25) is 5.91 Å². The molecule has 3 rings (SSSR count). The van der Waals surface area contributed by atoms with Crippen LogP contribution in [0.25, 0.3) is 16.5 Å². The van der Waals surface area contributed by atoms with Crippen molar-refractivity contribution in [2.24, 2.45) is 0 Å². The quantitative estimate of drug-likeness (QED) is 0.870. The number of benzene rings is 1. The maximum absolute atomic E-state index is 12.0. The highest BCUT2D eigenvalue weighted by molar-refractivity contribution is 7.16. The largest absolute Gasteiger partial charge is 0.391 e. The van der Waals surface area contributed by atoms with Crippen molar-refractivity contribution in [3.63, 3.8) is 0 Å². The van der Waals surface area contributed by atoms with E-state index in [-0.39, 0.29) is 12.0 Å². The highest BCUT2D eigenvalue weighted by Gasteiger charge is 2.22. The number of aliphatic hydroxyl groups is 1. The van der Waals surface area contributed by atoms with Crippen molar-refractivity contribution in [3.05, 3.63) is 52.4 Å². The van der Waals surface area contributed by atoms with Crippen LogP contribution in [0, 0.1) is 0 Å². The average molecular weight is 334 g/mol. The van der Waals surface area contributed by atoms with Crippen LogP contribution in [0.4, 0.5) is 0 Å². The zero-order valence-electron chi connectivity index (χ0n) is 11.9. The Morgan fingerprint density at radius 1 is 1.32 bits per heavy atom. The molecule has 0 bridgehead atoms. The molecule has 1 atom stereocenters. The highest BCUT2D eigenvalue weighted by Crippen LogP contribution is 2.33. The summed E-state index contributed by atoms with van der Waals surface area (Å²) in [6, 6.07) is 11.7. The van der Waals surface area contributed by atoms with E-state index in [9.17, 15) is 9.90 Å². The van der Waals surface area contributed by atoms with E-state index < -0.39 is 0 Å². The molecular weight excluding hydrogens is 318 g/mol. The molecule has 1 N–H and O–H groups in total. The zero-order chi connectivity index (χ0) is 15.5. The van der Waals surface area contributed by atoms with Crippen molar-refractivity contribution in [1.29, 1.82) is 0 Å². The predicted octanol–water partition coefficient (Wildman–Crippen LogP) is 3.67. The molecule has 1 aromatic heterocycles. The van der Waals surface area contributed by atoms with E-state index in [0.29, 0.717) is 19.5 Å². The maximum Gasteiger partial charge on any atom is 0.246 e. The van der Waals surface area contributed by atoms with E-state index in [2.05, 4.69) is 0 Å². The van der Waals surface area contributed by atoms with Crippen molar-refractivity contribution in [1.82, 2.24) is 4.90 Å². The van der Waals surface area contributed by atoms with Gasteiger partial charge >= 0.3 is 0 Å². The lowest BCUT2D eigenvalue weighted by Gasteiger charge is -2.11. The number of hydrogen-bond donors (Lipinski definition) is 1. The Morgan fingerprint density at radius 3 is 2.86 bits per heavy atom. The number of β-amino-alcohol motifs (C(OH)–C–C–N with tert-alkyl or cyclic N) is 1. The lowest BCUT2D eigenvalue weighted by atomic mass is 10.2. The first-order chi connectivity index (χ1) is 10.6. The Hall–Kier alpha value is -1.62. The summed E-state index contributed by atoms with van der Waals surface area (Å²) in [5, 5.41) is 10.2. The molecule has 1 fully saturated rings. The summed E-state index contributed by atoms with van der Waals surface area (Å²) in [4.78, 5) is 15.8. The number of halogens is 1. The first-order valence-electron chi connectivity index (χ1n) is 7.13. The molecule has 3 nitrogen and oxygen atoms in total. The Kier molecular flexibility index (Phi) is 4.62. The van der Waals surface area contributed by atoms with E-state index in [0.717, 1.165) is 20.3 Å². The van der Waals surface area contributed by atoms with E-state index in [1.807, 2.05) is 42.5 Å². The molecular formula is C17H16ClNO2S. The molecule has 0 aliphatic carbocycles. The summed E-state index contributed by atoms with van der Waals surface area (Å²) in [6.07, 6.45) is 3.67. The van der Waals surface area contributed by atoms with Crippen LogP contribution in [-0.4, -0.2) is 35.1 Å². The zero-order valence-corrected chi connectivity index (χ0v) is 13.5. The molecule has 0 saturated carbocycles. The second-order valence-electron chi connectivity index (χ2n) is 5.24. The van der Waals surface area contributed by atoms with Crippen LogP contribution < -0.4 is 0 Å². The fraction of sp³-hybridized carbons (Fsp3) is 0.235. The van der Waals surface area contributed by atoms with Crippen molar-refractivity contribution in [2.75, 3.05) is 13.1 Å². The lowest BCUT2D eigenvalue weighted by Crippen LogP contribution is -2.27. The fourth-order valence-corrected chi connectivity index (χ4v) is 3.69. The third-order valence-electron chi connectivity index (χ3n) is 3.63. The summed E-state index contributed by atoms with van der Waals surface area (Å²) in [6.45, 7) is 1.05.